The first-order chi connectivity index (χ1) is 7.15. The van der Waals surface area contributed by atoms with Gasteiger partial charge >= 0.3 is 0 Å². The predicted molar refractivity (Wildman–Crippen MR) is 63.3 cm³/mol. The van der Waals surface area contributed by atoms with Gasteiger partial charge in [-0.15, -0.1) is 6.58 Å². The minimum Gasteiger partial charge on any atom is -0.306 e. The van der Waals surface area contributed by atoms with Crippen molar-refractivity contribution < 1.29 is 4.79 Å². The highest BCUT2D eigenvalue weighted by atomic mass is 16.1. The van der Waals surface area contributed by atoms with Crippen molar-refractivity contribution in [3.05, 3.63) is 47.5 Å². The Balaban J connectivity index is 2.72. The van der Waals surface area contributed by atoms with E-state index in [1.54, 1.807) is 6.08 Å². The van der Waals surface area contributed by atoms with E-state index in [2.05, 4.69) is 11.9 Å². The molecule has 0 unspecified atom stereocenters. The minimum atomic E-state index is 0.137. The Morgan fingerprint density at radius 3 is 2.87 bits per heavy atom. The zero-order chi connectivity index (χ0) is 11.3. The SMILES string of the molecule is C=CCNCC(=O)c1cc(C)ccc1C. The highest BCUT2D eigenvalue weighted by molar-refractivity contribution is 5.99. The lowest BCUT2D eigenvalue weighted by Gasteiger charge is -2.06. The van der Waals surface area contributed by atoms with Gasteiger partial charge in [0.2, 0.25) is 0 Å². The van der Waals surface area contributed by atoms with Gasteiger partial charge in [0.25, 0.3) is 0 Å². The van der Waals surface area contributed by atoms with Crippen LogP contribution in [0.4, 0.5) is 0 Å². The fraction of sp³-hybridized carbons (Fsp3) is 0.308. The van der Waals surface area contributed by atoms with Crippen LogP contribution in [0.2, 0.25) is 0 Å². The molecule has 0 bridgehead atoms. The van der Waals surface area contributed by atoms with Gasteiger partial charge in [0.1, 0.15) is 0 Å². The van der Waals surface area contributed by atoms with Crippen LogP contribution in [0.1, 0.15) is 21.5 Å². The van der Waals surface area contributed by atoms with Gasteiger partial charge in [0.15, 0.2) is 5.78 Å². The number of ketones is 1. The second kappa shape index (κ2) is 5.47. The van der Waals surface area contributed by atoms with Gasteiger partial charge in [0.05, 0.1) is 6.54 Å². The summed E-state index contributed by atoms with van der Waals surface area (Å²) in [5.41, 5.74) is 2.96. The molecule has 0 atom stereocenters. The number of hydrogen-bond acceptors (Lipinski definition) is 2. The van der Waals surface area contributed by atoms with E-state index in [0.29, 0.717) is 13.1 Å². The van der Waals surface area contributed by atoms with Crippen molar-refractivity contribution in [1.29, 1.82) is 0 Å². The summed E-state index contributed by atoms with van der Waals surface area (Å²) in [6.45, 7) is 8.57. The van der Waals surface area contributed by atoms with E-state index in [1.807, 2.05) is 32.0 Å². The van der Waals surface area contributed by atoms with Crippen molar-refractivity contribution in [2.24, 2.45) is 0 Å². The topological polar surface area (TPSA) is 29.1 Å². The van der Waals surface area contributed by atoms with Crippen LogP contribution in [0.5, 0.6) is 0 Å². The normalized spacial score (nSPS) is 10.0. The van der Waals surface area contributed by atoms with Gasteiger partial charge < -0.3 is 5.32 Å². The number of nitrogens with one attached hydrogen (secondary N) is 1. The third-order valence-electron chi connectivity index (χ3n) is 2.27. The molecule has 15 heavy (non-hydrogen) atoms. The Bertz CT molecular complexity index is 369. The van der Waals surface area contributed by atoms with Gasteiger partial charge in [-0.1, -0.05) is 23.8 Å². The highest BCUT2D eigenvalue weighted by Crippen LogP contribution is 2.10. The standard InChI is InChI=1S/C13H17NO/c1-4-7-14-9-13(15)12-8-10(2)5-6-11(12)3/h4-6,8,14H,1,7,9H2,2-3H3. The Labute approximate surface area is 91.0 Å². The number of carbonyl (C=O) groups excluding carboxylic acids is 1. The van der Waals surface area contributed by atoms with Crippen molar-refractivity contribution >= 4 is 5.78 Å². The molecule has 0 saturated carbocycles. The van der Waals surface area contributed by atoms with Gasteiger partial charge in [-0.25, -0.2) is 0 Å². The third kappa shape index (κ3) is 3.33. The summed E-state index contributed by atoms with van der Waals surface area (Å²) in [5.74, 6) is 0.137. The molecule has 1 aromatic rings. The summed E-state index contributed by atoms with van der Waals surface area (Å²) in [5, 5.41) is 3.01. The number of rotatable bonds is 5. The molecule has 0 amide bonds. The van der Waals surface area contributed by atoms with Gasteiger partial charge in [-0.3, -0.25) is 4.79 Å². The van der Waals surface area contributed by atoms with Crippen LogP contribution in [0, 0.1) is 13.8 Å². The Hall–Kier alpha value is -1.41. The Morgan fingerprint density at radius 2 is 2.20 bits per heavy atom. The molecule has 1 N–H and O–H groups in total. The van der Waals surface area contributed by atoms with Crippen LogP contribution >= 0.6 is 0 Å². The van der Waals surface area contributed by atoms with E-state index in [1.165, 1.54) is 0 Å². The molecule has 0 aliphatic carbocycles. The largest absolute Gasteiger partial charge is 0.306 e. The molecule has 80 valence electrons. The van der Waals surface area contributed by atoms with E-state index in [9.17, 15) is 4.79 Å². The molecule has 0 aliphatic rings. The van der Waals surface area contributed by atoms with Gasteiger partial charge in [-0.05, 0) is 25.5 Å². The summed E-state index contributed by atoms with van der Waals surface area (Å²) in [6, 6.07) is 5.94. The summed E-state index contributed by atoms with van der Waals surface area (Å²) in [7, 11) is 0. The second-order valence-electron chi connectivity index (χ2n) is 3.66. The molecule has 0 aliphatic heterocycles. The molecule has 0 saturated heterocycles. The minimum absolute atomic E-state index is 0.137. The lowest BCUT2D eigenvalue weighted by atomic mass is 10.0. The number of benzene rings is 1. The van der Waals surface area contributed by atoms with E-state index >= 15 is 0 Å². The van der Waals surface area contributed by atoms with Crippen molar-refractivity contribution in [2.45, 2.75) is 13.8 Å². The quantitative estimate of drug-likeness (QED) is 0.452. The average molecular weight is 203 g/mol. The monoisotopic (exact) mass is 203 g/mol. The molecule has 2 nitrogen and oxygen atoms in total. The first-order valence-electron chi connectivity index (χ1n) is 5.07. The summed E-state index contributed by atoms with van der Waals surface area (Å²) < 4.78 is 0. The summed E-state index contributed by atoms with van der Waals surface area (Å²) in [4.78, 5) is 11.8. The van der Waals surface area contributed by atoms with Crippen LogP contribution in [-0.4, -0.2) is 18.9 Å². The summed E-state index contributed by atoms with van der Waals surface area (Å²) >= 11 is 0. The number of Topliss-reactive ketones (excluding diaryl/α,β-unsaturated/α-hetero) is 1. The van der Waals surface area contributed by atoms with Crippen LogP contribution in [0.3, 0.4) is 0 Å². The molecule has 1 aromatic carbocycles. The molecule has 0 spiro atoms. The van der Waals surface area contributed by atoms with E-state index < -0.39 is 0 Å². The zero-order valence-electron chi connectivity index (χ0n) is 9.34. The number of hydrogen-bond donors (Lipinski definition) is 1. The van der Waals surface area contributed by atoms with Crippen LogP contribution < -0.4 is 5.32 Å². The van der Waals surface area contributed by atoms with E-state index in [-0.39, 0.29) is 5.78 Å². The van der Waals surface area contributed by atoms with Gasteiger partial charge in [-0.2, -0.15) is 0 Å². The van der Waals surface area contributed by atoms with Crippen LogP contribution in [0.25, 0.3) is 0 Å². The molecule has 0 radical (unpaired) electrons. The van der Waals surface area contributed by atoms with E-state index in [0.717, 1.165) is 16.7 Å². The predicted octanol–water partition coefficient (Wildman–Crippen LogP) is 2.26. The maximum absolute atomic E-state index is 11.8. The third-order valence-corrected chi connectivity index (χ3v) is 2.27. The first-order valence-corrected chi connectivity index (χ1v) is 5.07. The molecular weight excluding hydrogens is 186 g/mol. The molecular formula is C13H17NO. The fourth-order valence-electron chi connectivity index (χ4n) is 1.42. The van der Waals surface area contributed by atoms with Crippen molar-refractivity contribution in [2.75, 3.05) is 13.1 Å². The lowest BCUT2D eigenvalue weighted by molar-refractivity contribution is 0.0991. The second-order valence-corrected chi connectivity index (χ2v) is 3.66. The van der Waals surface area contributed by atoms with Crippen molar-refractivity contribution in [3.8, 4) is 0 Å². The Morgan fingerprint density at radius 1 is 1.47 bits per heavy atom. The number of aryl methyl sites for hydroxylation is 2. The van der Waals surface area contributed by atoms with Crippen molar-refractivity contribution in [3.63, 3.8) is 0 Å². The van der Waals surface area contributed by atoms with Gasteiger partial charge in [0, 0.05) is 12.1 Å². The maximum Gasteiger partial charge on any atom is 0.176 e. The molecule has 0 heterocycles. The van der Waals surface area contributed by atoms with Crippen LogP contribution in [-0.2, 0) is 0 Å². The molecule has 0 aromatic heterocycles. The molecule has 0 fully saturated rings. The maximum atomic E-state index is 11.8. The van der Waals surface area contributed by atoms with E-state index in [4.69, 9.17) is 0 Å². The molecule has 2 heteroatoms. The first kappa shape index (κ1) is 11.7. The fourth-order valence-corrected chi connectivity index (χ4v) is 1.42. The van der Waals surface area contributed by atoms with Crippen molar-refractivity contribution in [1.82, 2.24) is 5.32 Å². The smallest absolute Gasteiger partial charge is 0.176 e. The average Bonchev–Trinajstić information content (AvgIpc) is 2.22. The zero-order valence-corrected chi connectivity index (χ0v) is 9.34. The highest BCUT2D eigenvalue weighted by Gasteiger charge is 2.07. The lowest BCUT2D eigenvalue weighted by Crippen LogP contribution is -2.23. The molecule has 1 rings (SSSR count). The number of carbonyl (C=O) groups is 1. The Kier molecular flexibility index (Phi) is 4.25. The van der Waals surface area contributed by atoms with Crippen LogP contribution in [0.15, 0.2) is 30.9 Å². The summed E-state index contributed by atoms with van der Waals surface area (Å²) in [6.07, 6.45) is 1.75.